The van der Waals surface area contributed by atoms with Gasteiger partial charge in [-0.3, -0.25) is 4.79 Å². The second kappa shape index (κ2) is 8.18. The molecule has 4 N–H and O–H groups in total. The summed E-state index contributed by atoms with van der Waals surface area (Å²) >= 11 is 0. The highest BCUT2D eigenvalue weighted by molar-refractivity contribution is 5.93. The van der Waals surface area contributed by atoms with Crippen LogP contribution in [0.2, 0.25) is 0 Å². The predicted octanol–water partition coefficient (Wildman–Crippen LogP) is 3.35. The van der Waals surface area contributed by atoms with E-state index in [0.717, 1.165) is 24.1 Å². The summed E-state index contributed by atoms with van der Waals surface area (Å²) in [5.41, 5.74) is 8.49. The monoisotopic (exact) mass is 333 g/mol. The first-order valence-electron chi connectivity index (χ1n) is 8.03. The van der Waals surface area contributed by atoms with E-state index in [1.807, 2.05) is 42.5 Å². The van der Waals surface area contributed by atoms with Crippen LogP contribution in [-0.2, 0) is 0 Å². The maximum atomic E-state index is 12.4. The van der Waals surface area contributed by atoms with Gasteiger partial charge < -0.3 is 16.0 Å². The van der Waals surface area contributed by atoms with Crippen LogP contribution in [0.25, 0.3) is 11.3 Å². The van der Waals surface area contributed by atoms with Crippen molar-refractivity contribution < 1.29 is 4.79 Å². The molecule has 0 spiro atoms. The maximum absolute atomic E-state index is 12.4. The van der Waals surface area contributed by atoms with Gasteiger partial charge in [-0.1, -0.05) is 43.2 Å². The molecule has 1 amide bonds. The van der Waals surface area contributed by atoms with Crippen LogP contribution in [0.5, 0.6) is 0 Å². The van der Waals surface area contributed by atoms with Gasteiger partial charge in [-0.15, -0.1) is 12.4 Å². The van der Waals surface area contributed by atoms with Crippen molar-refractivity contribution in [1.29, 1.82) is 0 Å². The third kappa shape index (κ3) is 4.15. The smallest absolute Gasteiger partial charge is 0.267 e. The quantitative estimate of drug-likeness (QED) is 0.803. The Morgan fingerprint density at radius 3 is 2.61 bits per heavy atom. The lowest BCUT2D eigenvalue weighted by atomic mass is 9.84. The van der Waals surface area contributed by atoms with Crippen molar-refractivity contribution in [1.82, 2.24) is 10.3 Å². The summed E-state index contributed by atoms with van der Waals surface area (Å²) < 4.78 is 0. The first-order valence-corrected chi connectivity index (χ1v) is 8.03. The number of H-pyrrole nitrogens is 1. The zero-order valence-corrected chi connectivity index (χ0v) is 13.9. The molecule has 1 aliphatic rings. The minimum Gasteiger partial charge on any atom is -0.351 e. The van der Waals surface area contributed by atoms with E-state index in [9.17, 15) is 4.79 Å². The number of amides is 1. The number of nitrogens with one attached hydrogen (secondary N) is 2. The zero-order chi connectivity index (χ0) is 15.4. The second-order valence-corrected chi connectivity index (χ2v) is 6.01. The van der Waals surface area contributed by atoms with Crippen molar-refractivity contribution >= 4 is 18.3 Å². The summed E-state index contributed by atoms with van der Waals surface area (Å²) in [6.07, 6.45) is 4.53. The number of hydrogen-bond donors (Lipinski definition) is 3. The fraction of sp³-hybridized carbons (Fsp3) is 0.389. The van der Waals surface area contributed by atoms with E-state index in [1.165, 1.54) is 12.8 Å². The average molecular weight is 334 g/mol. The van der Waals surface area contributed by atoms with E-state index in [0.29, 0.717) is 18.2 Å². The van der Waals surface area contributed by atoms with Crippen LogP contribution in [0.3, 0.4) is 0 Å². The predicted molar refractivity (Wildman–Crippen MR) is 95.7 cm³/mol. The normalized spacial score (nSPS) is 20.6. The molecule has 1 aliphatic carbocycles. The molecule has 1 heterocycles. The molecule has 23 heavy (non-hydrogen) atoms. The van der Waals surface area contributed by atoms with Crippen molar-refractivity contribution in [3.63, 3.8) is 0 Å². The van der Waals surface area contributed by atoms with E-state index in [-0.39, 0.29) is 24.4 Å². The molecular formula is C18H24ClN3O. The maximum Gasteiger partial charge on any atom is 0.267 e. The van der Waals surface area contributed by atoms with Crippen molar-refractivity contribution in [2.75, 3.05) is 6.54 Å². The third-order valence-corrected chi connectivity index (χ3v) is 4.54. The van der Waals surface area contributed by atoms with Gasteiger partial charge in [-0.25, -0.2) is 0 Å². The molecule has 5 heteroatoms. The standard InChI is InChI=1S/C18H23N3O.ClH/c19-12-14-8-4-5-9-15(14)21-18(22)17-11-10-16(20-17)13-6-2-1-3-7-13;/h1-3,6-7,10-11,14-15,20H,4-5,8-9,12,19H2,(H,21,22);1H. The first-order chi connectivity index (χ1) is 10.8. The molecule has 0 radical (unpaired) electrons. The summed E-state index contributed by atoms with van der Waals surface area (Å²) in [6, 6.07) is 14.0. The topological polar surface area (TPSA) is 70.9 Å². The molecule has 2 aromatic rings. The van der Waals surface area contributed by atoms with Crippen molar-refractivity contribution in [3.05, 3.63) is 48.2 Å². The molecule has 1 saturated carbocycles. The molecule has 0 aliphatic heterocycles. The summed E-state index contributed by atoms with van der Waals surface area (Å²) in [5, 5.41) is 3.15. The SMILES string of the molecule is Cl.NCC1CCCCC1NC(=O)c1ccc(-c2ccccc2)[nH]1. The fourth-order valence-corrected chi connectivity index (χ4v) is 3.24. The molecule has 3 rings (SSSR count). The molecule has 1 fully saturated rings. The number of carbonyl (C=O) groups is 1. The molecule has 1 aromatic carbocycles. The summed E-state index contributed by atoms with van der Waals surface area (Å²) in [4.78, 5) is 15.6. The Bertz CT molecular complexity index is 626. The van der Waals surface area contributed by atoms with Crippen LogP contribution in [0.4, 0.5) is 0 Å². The molecule has 4 nitrogen and oxygen atoms in total. The van der Waals surface area contributed by atoms with Crippen molar-refractivity contribution in [2.45, 2.75) is 31.7 Å². The van der Waals surface area contributed by atoms with E-state index in [2.05, 4.69) is 10.3 Å². The Kier molecular flexibility index (Phi) is 6.25. The summed E-state index contributed by atoms with van der Waals surface area (Å²) in [5.74, 6) is 0.369. The molecule has 124 valence electrons. The zero-order valence-electron chi connectivity index (χ0n) is 13.1. The number of hydrogen-bond acceptors (Lipinski definition) is 2. The van der Waals surface area contributed by atoms with Crippen LogP contribution in [0.15, 0.2) is 42.5 Å². The average Bonchev–Trinajstić information content (AvgIpc) is 3.06. The van der Waals surface area contributed by atoms with E-state index in [4.69, 9.17) is 5.73 Å². The van der Waals surface area contributed by atoms with Gasteiger partial charge >= 0.3 is 0 Å². The van der Waals surface area contributed by atoms with Crippen molar-refractivity contribution in [2.24, 2.45) is 11.7 Å². The van der Waals surface area contributed by atoms with E-state index in [1.54, 1.807) is 0 Å². The number of halogens is 1. The Hall–Kier alpha value is -1.78. The Morgan fingerprint density at radius 2 is 1.87 bits per heavy atom. The van der Waals surface area contributed by atoms with Gasteiger partial charge in [0.05, 0.1) is 0 Å². The number of rotatable bonds is 4. The van der Waals surface area contributed by atoms with Gasteiger partial charge in [-0.2, -0.15) is 0 Å². The Morgan fingerprint density at radius 1 is 1.13 bits per heavy atom. The van der Waals surface area contributed by atoms with E-state index < -0.39 is 0 Å². The minimum atomic E-state index is -0.0347. The largest absolute Gasteiger partial charge is 0.351 e. The Balaban J connectivity index is 0.00000192. The van der Waals surface area contributed by atoms with Crippen LogP contribution in [0, 0.1) is 5.92 Å². The minimum absolute atomic E-state index is 0. The summed E-state index contributed by atoms with van der Waals surface area (Å²) in [6.45, 7) is 0.644. The third-order valence-electron chi connectivity index (χ3n) is 4.54. The molecule has 0 bridgehead atoms. The van der Waals surface area contributed by atoms with Crippen LogP contribution >= 0.6 is 12.4 Å². The summed E-state index contributed by atoms with van der Waals surface area (Å²) in [7, 11) is 0. The molecule has 2 atom stereocenters. The highest BCUT2D eigenvalue weighted by Crippen LogP contribution is 2.24. The molecule has 0 saturated heterocycles. The van der Waals surface area contributed by atoms with Crippen LogP contribution < -0.4 is 11.1 Å². The first kappa shape index (κ1) is 17.6. The lowest BCUT2D eigenvalue weighted by Crippen LogP contribution is -2.44. The van der Waals surface area contributed by atoms with E-state index >= 15 is 0 Å². The second-order valence-electron chi connectivity index (χ2n) is 6.01. The number of carbonyl (C=O) groups excluding carboxylic acids is 1. The molecule has 2 unspecified atom stereocenters. The fourth-order valence-electron chi connectivity index (χ4n) is 3.24. The van der Waals surface area contributed by atoms with Gasteiger partial charge in [0.15, 0.2) is 0 Å². The highest BCUT2D eigenvalue weighted by atomic mass is 35.5. The number of aromatic nitrogens is 1. The lowest BCUT2D eigenvalue weighted by Gasteiger charge is -2.31. The van der Waals surface area contributed by atoms with Gasteiger partial charge in [0.1, 0.15) is 5.69 Å². The van der Waals surface area contributed by atoms with Gasteiger partial charge in [0, 0.05) is 11.7 Å². The Labute approximate surface area is 143 Å². The number of benzene rings is 1. The molecular weight excluding hydrogens is 310 g/mol. The van der Waals surface area contributed by atoms with Crippen LogP contribution in [0.1, 0.15) is 36.2 Å². The number of aromatic amines is 1. The van der Waals surface area contributed by atoms with Crippen LogP contribution in [-0.4, -0.2) is 23.5 Å². The lowest BCUT2D eigenvalue weighted by molar-refractivity contribution is 0.0903. The van der Waals surface area contributed by atoms with Gasteiger partial charge in [0.2, 0.25) is 0 Å². The van der Waals surface area contributed by atoms with Gasteiger partial charge in [-0.05, 0) is 43.0 Å². The van der Waals surface area contributed by atoms with Crippen molar-refractivity contribution in [3.8, 4) is 11.3 Å². The molecule has 1 aromatic heterocycles. The number of nitrogens with two attached hydrogens (primary N) is 1. The highest BCUT2D eigenvalue weighted by Gasteiger charge is 2.25. The van der Waals surface area contributed by atoms with Gasteiger partial charge in [0.25, 0.3) is 5.91 Å².